The molecule has 3 aromatic rings. The Labute approximate surface area is 120 Å². The van der Waals surface area contributed by atoms with Crippen LogP contribution in [0.1, 0.15) is 18.1 Å². The van der Waals surface area contributed by atoms with Crippen LogP contribution in [-0.2, 0) is 0 Å². The maximum atomic E-state index is 6.23. The Bertz CT molecular complexity index is 734. The summed E-state index contributed by atoms with van der Waals surface area (Å²) >= 11 is 12.3. The molecule has 3 nitrogen and oxygen atoms in total. The predicted octanol–water partition coefficient (Wildman–Crippen LogP) is 4.37. The SMILES string of the molecule is CC(Cl)c1nc2cnccc2n1-c1cccc(Cl)c1. The van der Waals surface area contributed by atoms with Crippen LogP contribution in [0.15, 0.2) is 42.7 Å². The van der Waals surface area contributed by atoms with Gasteiger partial charge in [-0.05, 0) is 31.2 Å². The number of halogens is 2. The molecule has 0 spiro atoms. The third kappa shape index (κ3) is 2.20. The monoisotopic (exact) mass is 291 g/mol. The lowest BCUT2D eigenvalue weighted by atomic mass is 10.3. The first-order valence-electron chi connectivity index (χ1n) is 5.89. The van der Waals surface area contributed by atoms with E-state index in [-0.39, 0.29) is 5.38 Å². The normalized spacial score (nSPS) is 12.8. The average Bonchev–Trinajstić information content (AvgIpc) is 2.78. The molecule has 0 fully saturated rings. The van der Waals surface area contributed by atoms with Gasteiger partial charge in [-0.15, -0.1) is 11.6 Å². The molecule has 1 unspecified atom stereocenters. The van der Waals surface area contributed by atoms with Crippen LogP contribution in [-0.4, -0.2) is 14.5 Å². The van der Waals surface area contributed by atoms with Gasteiger partial charge in [0.15, 0.2) is 0 Å². The van der Waals surface area contributed by atoms with E-state index >= 15 is 0 Å². The summed E-state index contributed by atoms with van der Waals surface area (Å²) in [6, 6.07) is 9.55. The first-order chi connectivity index (χ1) is 9.16. The summed E-state index contributed by atoms with van der Waals surface area (Å²) in [4.78, 5) is 8.64. The Kier molecular flexibility index (Phi) is 3.17. The fraction of sp³-hybridized carbons (Fsp3) is 0.143. The molecule has 0 aliphatic rings. The van der Waals surface area contributed by atoms with Crippen LogP contribution in [0.3, 0.4) is 0 Å². The third-order valence-electron chi connectivity index (χ3n) is 2.90. The van der Waals surface area contributed by atoms with Crippen LogP contribution in [0, 0.1) is 0 Å². The molecule has 5 heteroatoms. The Morgan fingerprint density at radius 1 is 1.26 bits per heavy atom. The molecule has 0 aliphatic carbocycles. The molecule has 96 valence electrons. The number of hydrogen-bond acceptors (Lipinski definition) is 2. The van der Waals surface area contributed by atoms with Gasteiger partial charge >= 0.3 is 0 Å². The molecule has 2 heterocycles. The number of hydrogen-bond donors (Lipinski definition) is 0. The average molecular weight is 292 g/mol. The number of alkyl halides is 1. The van der Waals surface area contributed by atoms with Crippen LogP contribution in [0.2, 0.25) is 5.02 Å². The molecule has 1 atom stereocenters. The summed E-state index contributed by atoms with van der Waals surface area (Å²) in [7, 11) is 0. The van der Waals surface area contributed by atoms with Gasteiger partial charge in [-0.1, -0.05) is 17.7 Å². The lowest BCUT2D eigenvalue weighted by Gasteiger charge is -2.10. The van der Waals surface area contributed by atoms with Crippen molar-refractivity contribution in [3.63, 3.8) is 0 Å². The summed E-state index contributed by atoms with van der Waals surface area (Å²) in [6.45, 7) is 1.90. The highest BCUT2D eigenvalue weighted by Gasteiger charge is 2.16. The molecule has 3 rings (SSSR count). The minimum absolute atomic E-state index is 0.202. The van der Waals surface area contributed by atoms with Crippen molar-refractivity contribution in [3.05, 3.63) is 53.6 Å². The molecule has 2 aromatic heterocycles. The molecular formula is C14H11Cl2N3. The van der Waals surface area contributed by atoms with Crippen molar-refractivity contribution in [2.75, 3.05) is 0 Å². The van der Waals surface area contributed by atoms with Crippen molar-refractivity contribution in [2.45, 2.75) is 12.3 Å². The highest BCUT2D eigenvalue weighted by molar-refractivity contribution is 6.30. The van der Waals surface area contributed by atoms with E-state index in [1.54, 1.807) is 12.4 Å². The van der Waals surface area contributed by atoms with E-state index in [0.29, 0.717) is 5.02 Å². The van der Waals surface area contributed by atoms with E-state index in [2.05, 4.69) is 9.97 Å². The van der Waals surface area contributed by atoms with Crippen molar-refractivity contribution >= 4 is 34.2 Å². The number of rotatable bonds is 2. The van der Waals surface area contributed by atoms with E-state index < -0.39 is 0 Å². The highest BCUT2D eigenvalue weighted by Crippen LogP contribution is 2.28. The number of imidazole rings is 1. The lowest BCUT2D eigenvalue weighted by Crippen LogP contribution is -2.01. The van der Waals surface area contributed by atoms with Gasteiger partial charge in [0.05, 0.1) is 17.1 Å². The predicted molar refractivity (Wildman–Crippen MR) is 78.1 cm³/mol. The van der Waals surface area contributed by atoms with Gasteiger partial charge in [0.2, 0.25) is 0 Å². The zero-order chi connectivity index (χ0) is 13.4. The van der Waals surface area contributed by atoms with Gasteiger partial charge < -0.3 is 0 Å². The Balaban J connectivity index is 2.34. The fourth-order valence-electron chi connectivity index (χ4n) is 2.10. The number of fused-ring (bicyclic) bond motifs is 1. The number of benzene rings is 1. The summed E-state index contributed by atoms with van der Waals surface area (Å²) in [6.07, 6.45) is 3.48. The van der Waals surface area contributed by atoms with Gasteiger partial charge in [-0.3, -0.25) is 9.55 Å². The lowest BCUT2D eigenvalue weighted by molar-refractivity contribution is 0.882. The van der Waals surface area contributed by atoms with Crippen LogP contribution in [0.4, 0.5) is 0 Å². The second-order valence-corrected chi connectivity index (χ2v) is 5.36. The third-order valence-corrected chi connectivity index (χ3v) is 3.34. The van der Waals surface area contributed by atoms with Gasteiger partial charge in [0.1, 0.15) is 11.3 Å². The number of pyridine rings is 1. The first kappa shape index (κ1) is 12.5. The molecular weight excluding hydrogens is 281 g/mol. The second-order valence-electron chi connectivity index (χ2n) is 4.27. The van der Waals surface area contributed by atoms with E-state index in [1.165, 1.54) is 0 Å². The van der Waals surface area contributed by atoms with Gasteiger partial charge in [-0.25, -0.2) is 4.98 Å². The molecule has 0 saturated heterocycles. The van der Waals surface area contributed by atoms with Crippen LogP contribution in [0.25, 0.3) is 16.7 Å². The first-order valence-corrected chi connectivity index (χ1v) is 6.70. The molecule has 0 amide bonds. The number of nitrogens with zero attached hydrogens (tertiary/aromatic N) is 3. The van der Waals surface area contributed by atoms with Crippen molar-refractivity contribution in [1.29, 1.82) is 0 Å². The molecule has 0 saturated carbocycles. The van der Waals surface area contributed by atoms with E-state index in [4.69, 9.17) is 23.2 Å². The summed E-state index contributed by atoms with van der Waals surface area (Å²) in [5.74, 6) is 0.784. The molecule has 0 N–H and O–H groups in total. The van der Waals surface area contributed by atoms with E-state index in [9.17, 15) is 0 Å². The summed E-state index contributed by atoms with van der Waals surface area (Å²) in [5, 5.41) is 0.480. The summed E-state index contributed by atoms with van der Waals surface area (Å²) in [5.41, 5.74) is 2.74. The van der Waals surface area contributed by atoms with E-state index in [1.807, 2.05) is 41.8 Å². The van der Waals surface area contributed by atoms with Gasteiger partial charge in [0.25, 0.3) is 0 Å². The smallest absolute Gasteiger partial charge is 0.132 e. The molecule has 0 aliphatic heterocycles. The zero-order valence-electron chi connectivity index (χ0n) is 10.2. The summed E-state index contributed by atoms with van der Waals surface area (Å²) < 4.78 is 2.01. The Morgan fingerprint density at radius 3 is 2.84 bits per heavy atom. The minimum atomic E-state index is -0.202. The highest BCUT2D eigenvalue weighted by atomic mass is 35.5. The van der Waals surface area contributed by atoms with Crippen LogP contribution in [0.5, 0.6) is 0 Å². The standard InChI is InChI=1S/C14H11Cl2N3/c1-9(15)14-18-12-8-17-6-5-13(12)19(14)11-4-2-3-10(16)7-11/h2-9H,1H3. The maximum Gasteiger partial charge on any atom is 0.132 e. The zero-order valence-corrected chi connectivity index (χ0v) is 11.7. The molecule has 0 radical (unpaired) electrons. The molecule has 0 bridgehead atoms. The minimum Gasteiger partial charge on any atom is -0.295 e. The van der Waals surface area contributed by atoms with Crippen LogP contribution >= 0.6 is 23.2 Å². The Hall–Kier alpha value is -1.58. The quantitative estimate of drug-likeness (QED) is 0.656. The van der Waals surface area contributed by atoms with E-state index in [0.717, 1.165) is 22.5 Å². The van der Waals surface area contributed by atoms with Crippen molar-refractivity contribution in [2.24, 2.45) is 0 Å². The molecule has 1 aromatic carbocycles. The van der Waals surface area contributed by atoms with Gasteiger partial charge in [-0.2, -0.15) is 0 Å². The number of aromatic nitrogens is 3. The largest absolute Gasteiger partial charge is 0.295 e. The second kappa shape index (κ2) is 4.83. The topological polar surface area (TPSA) is 30.7 Å². The van der Waals surface area contributed by atoms with Crippen LogP contribution < -0.4 is 0 Å². The Morgan fingerprint density at radius 2 is 2.11 bits per heavy atom. The van der Waals surface area contributed by atoms with Crippen molar-refractivity contribution in [1.82, 2.24) is 14.5 Å². The van der Waals surface area contributed by atoms with Crippen molar-refractivity contribution in [3.8, 4) is 5.69 Å². The fourth-order valence-corrected chi connectivity index (χ4v) is 2.44. The maximum absolute atomic E-state index is 6.23. The van der Waals surface area contributed by atoms with Gasteiger partial charge in [0, 0.05) is 16.9 Å². The molecule has 19 heavy (non-hydrogen) atoms. The van der Waals surface area contributed by atoms with Crippen molar-refractivity contribution < 1.29 is 0 Å².